The molecular formula is C44H68N2O28. The Hall–Kier alpha value is -3.33. The molecule has 0 unspecified atom stereocenters. The van der Waals surface area contributed by atoms with E-state index >= 15 is 0 Å². The molecule has 17 N–H and O–H groups in total. The number of hydrogen-bond donors (Lipinski definition) is 17. The van der Waals surface area contributed by atoms with Crippen molar-refractivity contribution in [2.24, 2.45) is 0 Å². The van der Waals surface area contributed by atoms with E-state index in [1.165, 1.54) is 31.2 Å². The Kier molecular flexibility index (Phi) is 21.0. The quantitative estimate of drug-likeness (QED) is 0.0576. The highest BCUT2D eigenvalue weighted by molar-refractivity contribution is 5.94. The topological polar surface area (TPSA) is 471 Å². The van der Waals surface area contributed by atoms with Gasteiger partial charge in [-0.3, -0.25) is 9.59 Å². The summed E-state index contributed by atoms with van der Waals surface area (Å²) >= 11 is 0. The maximum Gasteiger partial charge on any atom is 0.364 e. The lowest BCUT2D eigenvalue weighted by Crippen LogP contribution is -2.72. The van der Waals surface area contributed by atoms with Crippen LogP contribution in [0, 0.1) is 0 Å². The van der Waals surface area contributed by atoms with Crippen molar-refractivity contribution in [3.8, 4) is 0 Å². The normalized spacial score (nSPS) is 43.7. The van der Waals surface area contributed by atoms with Crippen LogP contribution in [0.25, 0.3) is 0 Å². The molecule has 0 bridgehead atoms. The van der Waals surface area contributed by atoms with Crippen LogP contribution in [0.5, 0.6) is 0 Å². The number of ether oxygens (including phenoxy) is 10. The van der Waals surface area contributed by atoms with Crippen molar-refractivity contribution in [3.63, 3.8) is 0 Å². The van der Waals surface area contributed by atoms with Crippen LogP contribution in [-0.2, 0) is 57.0 Å². The second kappa shape index (κ2) is 25.9. The lowest BCUT2D eigenvalue weighted by Gasteiger charge is -2.52. The van der Waals surface area contributed by atoms with Gasteiger partial charge in [0.2, 0.25) is 5.91 Å². The minimum absolute atomic E-state index is 0.00649. The fourth-order valence-corrected chi connectivity index (χ4v) is 9.35. The number of carboxylic acid groups (broad SMARTS) is 1. The molecule has 2 amide bonds. The molecule has 1 aromatic rings. The van der Waals surface area contributed by atoms with Crippen LogP contribution in [0.3, 0.4) is 0 Å². The number of rotatable bonds is 20. The van der Waals surface area contributed by atoms with Gasteiger partial charge in [0, 0.05) is 25.5 Å². The van der Waals surface area contributed by atoms with E-state index in [4.69, 9.17) is 47.4 Å². The van der Waals surface area contributed by atoms with Gasteiger partial charge in [-0.1, -0.05) is 18.2 Å². The van der Waals surface area contributed by atoms with Gasteiger partial charge >= 0.3 is 5.97 Å². The Balaban J connectivity index is 1.42. The Bertz CT molecular complexity index is 1970. The van der Waals surface area contributed by atoms with Crippen molar-refractivity contribution >= 4 is 17.8 Å². The number of hydrogen-bond acceptors (Lipinski definition) is 27. The summed E-state index contributed by atoms with van der Waals surface area (Å²) in [6.07, 6.45) is -45.9. The van der Waals surface area contributed by atoms with Gasteiger partial charge in [0.15, 0.2) is 25.2 Å². The molecule has 5 aliphatic heterocycles. The zero-order chi connectivity index (χ0) is 54.5. The third-order valence-electron chi connectivity index (χ3n) is 13.3. The lowest BCUT2D eigenvalue weighted by molar-refractivity contribution is -0.396. The highest BCUT2D eigenvalue weighted by Gasteiger charge is 2.61. The molecule has 0 spiro atoms. The maximum atomic E-state index is 14.1. The Morgan fingerprint density at radius 2 is 1.22 bits per heavy atom. The molecule has 5 aliphatic rings. The van der Waals surface area contributed by atoms with E-state index in [1.807, 2.05) is 0 Å². The maximum absolute atomic E-state index is 14.1. The van der Waals surface area contributed by atoms with Gasteiger partial charge in [0.1, 0.15) is 110 Å². The average Bonchev–Trinajstić information content (AvgIpc) is 3.38. The number of nitrogens with one attached hydrogen (secondary N) is 2. The molecule has 422 valence electrons. The van der Waals surface area contributed by atoms with Gasteiger partial charge in [-0.2, -0.15) is 0 Å². The fraction of sp³-hybridized carbons (Fsp3) is 0.795. The van der Waals surface area contributed by atoms with Gasteiger partial charge in [-0.25, -0.2) is 4.79 Å². The van der Waals surface area contributed by atoms with Crippen molar-refractivity contribution < 1.29 is 138 Å². The summed E-state index contributed by atoms with van der Waals surface area (Å²) in [5.74, 6) is -6.99. The first-order chi connectivity index (χ1) is 35.1. The Morgan fingerprint density at radius 3 is 1.80 bits per heavy atom. The van der Waals surface area contributed by atoms with Crippen molar-refractivity contribution in [2.75, 3.05) is 33.0 Å². The number of benzene rings is 1. The number of carboxylic acids is 1. The predicted molar refractivity (Wildman–Crippen MR) is 235 cm³/mol. The molecule has 0 aromatic heterocycles. The molecule has 1 aromatic carbocycles. The molecule has 0 aliphatic carbocycles. The van der Waals surface area contributed by atoms with E-state index in [2.05, 4.69) is 10.6 Å². The molecule has 5 fully saturated rings. The molecule has 30 heteroatoms. The smallest absolute Gasteiger partial charge is 0.364 e. The molecule has 30 nitrogen and oxygen atoms in total. The van der Waals surface area contributed by atoms with Crippen molar-refractivity contribution in [1.82, 2.24) is 10.6 Å². The molecule has 0 saturated carbocycles. The molecule has 74 heavy (non-hydrogen) atoms. The number of carbonyl (C=O) groups is 3. The van der Waals surface area contributed by atoms with Crippen LogP contribution in [0.4, 0.5) is 0 Å². The van der Waals surface area contributed by atoms with Gasteiger partial charge in [-0.15, -0.1) is 0 Å². The van der Waals surface area contributed by atoms with E-state index in [1.54, 1.807) is 13.0 Å². The summed E-state index contributed by atoms with van der Waals surface area (Å²) < 4.78 is 59.0. The number of carbonyl (C=O) groups excluding carboxylic acids is 2. The van der Waals surface area contributed by atoms with Crippen LogP contribution in [-0.4, -0.2) is 286 Å². The van der Waals surface area contributed by atoms with Crippen molar-refractivity contribution in [1.29, 1.82) is 0 Å². The molecule has 26 atom stereocenters. The summed E-state index contributed by atoms with van der Waals surface area (Å²) in [6, 6.07) is 3.84. The van der Waals surface area contributed by atoms with Crippen LogP contribution < -0.4 is 10.6 Å². The summed E-state index contributed by atoms with van der Waals surface area (Å²) in [7, 11) is 0. The average molecular weight is 1070 g/mol. The van der Waals surface area contributed by atoms with E-state index in [0.717, 1.165) is 6.92 Å². The summed E-state index contributed by atoms with van der Waals surface area (Å²) in [6.45, 7) is -0.379. The van der Waals surface area contributed by atoms with Gasteiger partial charge in [0.25, 0.3) is 11.7 Å². The third-order valence-corrected chi connectivity index (χ3v) is 13.3. The van der Waals surface area contributed by atoms with Crippen LogP contribution in [0.15, 0.2) is 30.3 Å². The van der Waals surface area contributed by atoms with E-state index in [-0.39, 0.29) is 12.2 Å². The molecule has 5 heterocycles. The SMILES string of the molecule is CCO[C@@H]1O[C@@H](CO)[C@H](O)[C@H](O[C@@H]2O[C@@H](CO)[C@@H](O[C@@H]3O[C@@H](CO)[C@H](O)[C@H](O[C@]4(C(=O)O)C[C@@H](O)[C@@H](NC(C)=O)[C@H]([C@H](O)[C@H](O)CO)O4)[C@@H]3O)[C@H](O[C@@H]3O[C@@H](C)[C@@H](O)[C@H](O)[C@@H]3O)[C@@H]2NC(=O)c2ccccc2)[C@@H]1O. The highest BCUT2D eigenvalue weighted by atomic mass is 16.8. The van der Waals surface area contributed by atoms with Gasteiger partial charge in [0.05, 0.1) is 44.7 Å². The Labute approximate surface area is 421 Å². The zero-order valence-corrected chi connectivity index (χ0v) is 40.1. The molecule has 6 rings (SSSR count). The molecule has 5 saturated heterocycles. The zero-order valence-electron chi connectivity index (χ0n) is 40.1. The second-order valence-electron chi connectivity index (χ2n) is 18.4. The number of aliphatic carboxylic acids is 1. The monoisotopic (exact) mass is 1070 g/mol. The first-order valence-corrected chi connectivity index (χ1v) is 23.7. The minimum Gasteiger partial charge on any atom is -0.477 e. The van der Waals surface area contributed by atoms with E-state index in [0.29, 0.717) is 0 Å². The van der Waals surface area contributed by atoms with Gasteiger partial charge < -0.3 is 135 Å². The summed E-state index contributed by atoms with van der Waals surface area (Å²) in [5.41, 5.74) is -0.00649. The molecular weight excluding hydrogens is 1000 g/mol. The van der Waals surface area contributed by atoms with Gasteiger partial charge in [-0.05, 0) is 26.0 Å². The predicted octanol–water partition coefficient (Wildman–Crippen LogP) is -9.07. The fourth-order valence-electron chi connectivity index (χ4n) is 9.35. The largest absolute Gasteiger partial charge is 0.477 e. The third kappa shape index (κ3) is 12.8. The van der Waals surface area contributed by atoms with Crippen LogP contribution in [0.2, 0.25) is 0 Å². The molecule has 0 radical (unpaired) electrons. The summed E-state index contributed by atoms with van der Waals surface area (Å²) in [5, 5.41) is 168. The first-order valence-electron chi connectivity index (χ1n) is 23.7. The van der Waals surface area contributed by atoms with Crippen LogP contribution in [0.1, 0.15) is 37.6 Å². The first kappa shape index (κ1) is 59.9. The number of aliphatic hydroxyl groups is 14. The summed E-state index contributed by atoms with van der Waals surface area (Å²) in [4.78, 5) is 39.4. The number of amides is 2. The van der Waals surface area contributed by atoms with E-state index < -0.39 is 210 Å². The second-order valence-corrected chi connectivity index (χ2v) is 18.4. The minimum atomic E-state index is -3.21. The standard InChI is InChI=1S/C44H68N2O28/c1-4-65-40-31(60)36(27(56)20(12-48)67-40)72-39-24(46-38(62)17-8-6-5-7-9-17)35(71-41-30(59)29(58)25(54)15(2)66-41)33(22(14-50)69-39)70-42-32(61)37(28(57)21(13-49)68-42)74-44(43(63)64)10-18(52)23(45-16(3)51)34(73-44)26(55)19(53)11-47/h5-9,15,18-37,39-42,47-50,52-61H,4,10-14H2,1-3H3,(H,45,51)(H,46,62)(H,63,64)/t15-,18+,19+,20-,21-,22-,23+,24-,25+,26+,27-,28-,29-,30-,31-,32-,33+,34+,35+,36-,37-,39-,40+,41-,42-,44-/m0/s1. The van der Waals surface area contributed by atoms with E-state index in [9.17, 15) is 91.0 Å². The highest BCUT2D eigenvalue weighted by Crippen LogP contribution is 2.40. The Morgan fingerprint density at radius 1 is 0.662 bits per heavy atom. The number of aliphatic hydroxyl groups excluding tert-OH is 14. The van der Waals surface area contributed by atoms with Crippen molar-refractivity contribution in [3.05, 3.63) is 35.9 Å². The van der Waals surface area contributed by atoms with Crippen molar-refractivity contribution in [2.45, 2.75) is 186 Å². The lowest BCUT2D eigenvalue weighted by atomic mass is 9.88. The van der Waals surface area contributed by atoms with Crippen LogP contribution >= 0.6 is 0 Å².